The molecule has 1 aromatic rings. The zero-order chi connectivity index (χ0) is 15.9. The van der Waals surface area contributed by atoms with Crippen LogP contribution in [0.2, 0.25) is 0 Å². The first kappa shape index (κ1) is 16.4. The van der Waals surface area contributed by atoms with Gasteiger partial charge in [-0.3, -0.25) is 0 Å². The summed E-state index contributed by atoms with van der Waals surface area (Å²) in [5.74, 6) is 1.09. The molecule has 2 aliphatic rings. The number of aryl methyl sites for hydroxylation is 1. The molecule has 1 fully saturated rings. The summed E-state index contributed by atoms with van der Waals surface area (Å²) in [7, 11) is 1.75. The van der Waals surface area contributed by atoms with E-state index in [1.54, 1.807) is 28.2 Å². The molecule has 5 nitrogen and oxygen atoms in total. The van der Waals surface area contributed by atoms with Crippen molar-refractivity contribution in [2.45, 2.75) is 36.5 Å². The van der Waals surface area contributed by atoms with Crippen LogP contribution in [0.5, 0.6) is 0 Å². The number of fused-ring (bicyclic) bond motifs is 1. The highest BCUT2D eigenvalue weighted by Crippen LogP contribution is 2.52. The number of urea groups is 1. The van der Waals surface area contributed by atoms with Crippen molar-refractivity contribution in [2.75, 3.05) is 31.2 Å². The van der Waals surface area contributed by atoms with E-state index in [9.17, 15) is 4.79 Å². The van der Waals surface area contributed by atoms with Crippen LogP contribution in [0.15, 0.2) is 0 Å². The van der Waals surface area contributed by atoms with Crippen molar-refractivity contribution in [1.82, 2.24) is 9.88 Å². The fourth-order valence-corrected chi connectivity index (χ4v) is 7.02. The third-order valence-electron chi connectivity index (χ3n) is 3.29. The Morgan fingerprint density at radius 3 is 2.86 bits per heavy atom. The van der Waals surface area contributed by atoms with Gasteiger partial charge in [-0.05, 0) is 0 Å². The molecule has 2 amide bonds. The predicted octanol–water partition coefficient (Wildman–Crippen LogP) is 3.77. The summed E-state index contributed by atoms with van der Waals surface area (Å²) in [5.41, 5.74) is 1.15. The molecule has 3 rings (SSSR count). The summed E-state index contributed by atoms with van der Waals surface area (Å²) >= 11 is 5.59. The highest BCUT2D eigenvalue weighted by atomic mass is 32.2. The monoisotopic (exact) mass is 359 g/mol. The Morgan fingerprint density at radius 2 is 2.14 bits per heavy atom. The van der Waals surface area contributed by atoms with E-state index in [4.69, 9.17) is 9.72 Å². The van der Waals surface area contributed by atoms with Gasteiger partial charge in [0, 0.05) is 24.0 Å². The average Bonchev–Trinajstić information content (AvgIpc) is 2.85. The number of anilines is 1. The first-order chi connectivity index (χ1) is 10.3. The van der Waals surface area contributed by atoms with E-state index in [1.807, 2.05) is 23.5 Å². The first-order valence-electron chi connectivity index (χ1n) is 7.24. The number of ether oxygens (including phenoxy) is 1. The van der Waals surface area contributed by atoms with E-state index >= 15 is 0 Å². The van der Waals surface area contributed by atoms with Crippen LogP contribution in [-0.4, -0.2) is 46.9 Å². The van der Waals surface area contributed by atoms with Crippen LogP contribution in [0, 0.1) is 0 Å². The number of carbonyl (C=O) groups is 1. The summed E-state index contributed by atoms with van der Waals surface area (Å²) in [4.78, 5) is 21.5. The predicted molar refractivity (Wildman–Crippen MR) is 94.8 cm³/mol. The van der Waals surface area contributed by atoms with E-state index in [2.05, 4.69) is 20.8 Å². The maximum atomic E-state index is 12.3. The van der Waals surface area contributed by atoms with Gasteiger partial charge in [0.25, 0.3) is 0 Å². The molecular weight excluding hydrogens is 338 g/mol. The molecular formula is C14H21N3O2S3. The number of thiazole rings is 1. The second-order valence-electron chi connectivity index (χ2n) is 6.36. The Balaban J connectivity index is 1.86. The molecule has 0 N–H and O–H groups in total. The summed E-state index contributed by atoms with van der Waals surface area (Å²) in [5, 5.41) is 0.767. The molecule has 3 heterocycles. The van der Waals surface area contributed by atoms with Gasteiger partial charge >= 0.3 is 6.03 Å². The SMILES string of the molecule is CN1COCN(c2nc3c(s2)C(SC(C)(C)C)SCC3)C1=O. The van der Waals surface area contributed by atoms with Gasteiger partial charge in [-0.25, -0.2) is 14.7 Å². The Morgan fingerprint density at radius 1 is 1.36 bits per heavy atom. The summed E-state index contributed by atoms with van der Waals surface area (Å²) in [6.45, 7) is 7.36. The normalized spacial score (nSPS) is 22.9. The number of rotatable bonds is 2. The van der Waals surface area contributed by atoms with Gasteiger partial charge in [0.15, 0.2) is 5.13 Å². The molecule has 8 heteroatoms. The summed E-state index contributed by atoms with van der Waals surface area (Å²) < 4.78 is 6.07. The summed E-state index contributed by atoms with van der Waals surface area (Å²) in [6.07, 6.45) is 0.983. The smallest absolute Gasteiger partial charge is 0.329 e. The Bertz CT molecular complexity index is 570. The van der Waals surface area contributed by atoms with E-state index in [-0.39, 0.29) is 10.8 Å². The number of hydrogen-bond acceptors (Lipinski definition) is 6. The van der Waals surface area contributed by atoms with Crippen LogP contribution in [0.3, 0.4) is 0 Å². The average molecular weight is 360 g/mol. The van der Waals surface area contributed by atoms with Crippen molar-refractivity contribution >= 4 is 46.0 Å². The number of amides is 2. The van der Waals surface area contributed by atoms with Gasteiger partial charge < -0.3 is 9.64 Å². The quantitative estimate of drug-likeness (QED) is 0.804. The Kier molecular flexibility index (Phi) is 4.64. The van der Waals surface area contributed by atoms with Gasteiger partial charge in [0.2, 0.25) is 0 Å². The summed E-state index contributed by atoms with van der Waals surface area (Å²) in [6, 6.07) is -0.0370. The zero-order valence-corrected chi connectivity index (χ0v) is 15.7. The van der Waals surface area contributed by atoms with Crippen molar-refractivity contribution in [1.29, 1.82) is 0 Å². The minimum atomic E-state index is -0.0370. The Hall–Kier alpha value is -0.440. The minimum Gasteiger partial charge on any atom is -0.340 e. The molecule has 0 aromatic carbocycles. The molecule has 0 saturated carbocycles. The minimum absolute atomic E-state index is 0.0370. The van der Waals surface area contributed by atoms with Crippen LogP contribution in [0.4, 0.5) is 9.93 Å². The van der Waals surface area contributed by atoms with Crippen molar-refractivity contribution in [3.05, 3.63) is 10.6 Å². The molecule has 1 atom stereocenters. The molecule has 1 unspecified atom stereocenters. The number of carbonyl (C=O) groups excluding carboxylic acids is 1. The third kappa shape index (κ3) is 3.39. The highest BCUT2D eigenvalue weighted by molar-refractivity contribution is 8.17. The fourth-order valence-electron chi connectivity index (χ4n) is 2.30. The van der Waals surface area contributed by atoms with Crippen molar-refractivity contribution in [3.63, 3.8) is 0 Å². The van der Waals surface area contributed by atoms with Crippen molar-refractivity contribution < 1.29 is 9.53 Å². The molecule has 1 saturated heterocycles. The number of thioether (sulfide) groups is 2. The molecule has 0 aliphatic carbocycles. The largest absolute Gasteiger partial charge is 0.340 e. The second kappa shape index (κ2) is 6.22. The Labute approximate surface area is 143 Å². The lowest BCUT2D eigenvalue weighted by Crippen LogP contribution is -2.48. The zero-order valence-electron chi connectivity index (χ0n) is 13.3. The van der Waals surface area contributed by atoms with Crippen LogP contribution >= 0.6 is 34.9 Å². The van der Waals surface area contributed by atoms with Crippen LogP contribution in [-0.2, 0) is 11.2 Å². The highest BCUT2D eigenvalue weighted by Gasteiger charge is 2.33. The number of aromatic nitrogens is 1. The van der Waals surface area contributed by atoms with Crippen molar-refractivity contribution in [2.24, 2.45) is 0 Å². The maximum absolute atomic E-state index is 12.3. The molecule has 0 bridgehead atoms. The number of nitrogens with zero attached hydrogens (tertiary/aromatic N) is 3. The fraction of sp³-hybridized carbons (Fsp3) is 0.714. The molecule has 0 spiro atoms. The van der Waals surface area contributed by atoms with Gasteiger partial charge in [-0.2, -0.15) is 0 Å². The molecule has 1 aromatic heterocycles. The maximum Gasteiger partial charge on any atom is 0.329 e. The lowest BCUT2D eigenvalue weighted by Gasteiger charge is -2.31. The van der Waals surface area contributed by atoms with E-state index in [1.165, 1.54) is 4.88 Å². The van der Waals surface area contributed by atoms with Crippen LogP contribution < -0.4 is 4.90 Å². The van der Waals surface area contributed by atoms with E-state index in [0.717, 1.165) is 23.0 Å². The van der Waals surface area contributed by atoms with E-state index < -0.39 is 0 Å². The standard InChI is InChI=1S/C14H21N3O2S3/c1-14(2,3)22-11-10-9(5-6-20-11)15-12(21-10)17-8-19-7-16(4)13(17)18/h11H,5-8H2,1-4H3. The molecule has 22 heavy (non-hydrogen) atoms. The molecule has 122 valence electrons. The van der Waals surface area contributed by atoms with Crippen LogP contribution in [0.1, 0.15) is 35.9 Å². The van der Waals surface area contributed by atoms with Gasteiger partial charge in [0.05, 0.1) is 15.2 Å². The molecule has 0 radical (unpaired) electrons. The molecule has 2 aliphatic heterocycles. The topological polar surface area (TPSA) is 45.7 Å². The van der Waals surface area contributed by atoms with Gasteiger partial charge in [-0.1, -0.05) is 32.1 Å². The second-order valence-corrected chi connectivity index (χ2v) is 10.8. The lowest BCUT2D eigenvalue weighted by molar-refractivity contribution is 0.0361. The third-order valence-corrected chi connectivity index (χ3v) is 7.61. The van der Waals surface area contributed by atoms with E-state index in [0.29, 0.717) is 18.0 Å². The van der Waals surface area contributed by atoms with Crippen molar-refractivity contribution in [3.8, 4) is 0 Å². The van der Waals surface area contributed by atoms with Crippen LogP contribution in [0.25, 0.3) is 0 Å². The first-order valence-corrected chi connectivity index (χ1v) is 9.99. The number of hydrogen-bond donors (Lipinski definition) is 0. The lowest BCUT2D eigenvalue weighted by atomic mass is 10.3. The van der Waals surface area contributed by atoms with Gasteiger partial charge in [0.1, 0.15) is 13.5 Å². The van der Waals surface area contributed by atoms with Gasteiger partial charge in [-0.15, -0.1) is 23.5 Å².